The molecular weight excluding hydrogens is 528 g/mol. The number of piperidine rings is 1. The van der Waals surface area contributed by atoms with Crippen LogP contribution >= 0.6 is 0 Å². The SMILES string of the molecule is CCCCCCCCCC1=NC2(CCN(S(=O)(=O)C=Cc3c(C)cc(N(CCO)C(C)=O)cc3C)CC2)C(=O)N1. The number of aliphatic imine (C=N–C) groups is 1. The molecule has 1 spiro atoms. The number of benzene rings is 1. The molecule has 2 amide bonds. The first-order valence-electron chi connectivity index (χ1n) is 14.6. The Morgan fingerprint density at radius 3 is 2.27 bits per heavy atom. The van der Waals surface area contributed by atoms with Gasteiger partial charge in [-0.1, -0.05) is 45.4 Å². The van der Waals surface area contributed by atoms with Crippen LogP contribution in [-0.4, -0.2) is 67.3 Å². The summed E-state index contributed by atoms with van der Waals surface area (Å²) < 4.78 is 27.8. The summed E-state index contributed by atoms with van der Waals surface area (Å²) in [6, 6.07) is 3.64. The van der Waals surface area contributed by atoms with Gasteiger partial charge in [-0.15, -0.1) is 0 Å². The lowest BCUT2D eigenvalue weighted by Crippen LogP contribution is -2.50. The van der Waals surface area contributed by atoms with Gasteiger partial charge in [0.1, 0.15) is 11.4 Å². The topological polar surface area (TPSA) is 119 Å². The van der Waals surface area contributed by atoms with E-state index in [-0.39, 0.29) is 38.1 Å². The fourth-order valence-electron chi connectivity index (χ4n) is 5.58. The predicted molar refractivity (Wildman–Crippen MR) is 161 cm³/mol. The average Bonchev–Trinajstić information content (AvgIpc) is 3.20. The highest BCUT2D eigenvalue weighted by Crippen LogP contribution is 2.32. The van der Waals surface area contributed by atoms with E-state index in [4.69, 9.17) is 4.99 Å². The maximum atomic E-state index is 13.2. The molecule has 3 rings (SSSR count). The molecule has 2 N–H and O–H groups in total. The zero-order valence-corrected chi connectivity index (χ0v) is 25.4. The normalized spacial score (nSPS) is 17.4. The number of hydrogen-bond donors (Lipinski definition) is 2. The molecule has 0 unspecified atom stereocenters. The number of amides is 2. The van der Waals surface area contributed by atoms with E-state index in [1.807, 2.05) is 26.0 Å². The van der Waals surface area contributed by atoms with Crippen LogP contribution in [0.15, 0.2) is 22.5 Å². The minimum Gasteiger partial charge on any atom is -0.395 e. The van der Waals surface area contributed by atoms with Crippen LogP contribution in [-0.2, 0) is 19.6 Å². The van der Waals surface area contributed by atoms with Crippen LogP contribution in [0.25, 0.3) is 6.08 Å². The van der Waals surface area contributed by atoms with Crippen molar-refractivity contribution in [3.8, 4) is 0 Å². The summed E-state index contributed by atoms with van der Waals surface area (Å²) in [6.45, 7) is 7.90. The highest BCUT2D eigenvalue weighted by atomic mass is 32.2. The lowest BCUT2D eigenvalue weighted by Gasteiger charge is -2.34. The molecule has 2 aliphatic heterocycles. The first kappa shape index (κ1) is 32.0. The lowest BCUT2D eigenvalue weighted by molar-refractivity contribution is -0.125. The molecule has 1 aromatic rings. The Morgan fingerprint density at radius 1 is 1.10 bits per heavy atom. The summed E-state index contributed by atoms with van der Waals surface area (Å²) in [7, 11) is -3.69. The number of rotatable bonds is 14. The first-order valence-corrected chi connectivity index (χ1v) is 16.1. The molecule has 1 fully saturated rings. The Labute approximate surface area is 239 Å². The molecule has 9 nitrogen and oxygen atoms in total. The van der Waals surface area contributed by atoms with Crippen LogP contribution in [0.4, 0.5) is 5.69 Å². The molecule has 0 bridgehead atoms. The number of hydrogen-bond acceptors (Lipinski definition) is 6. The van der Waals surface area contributed by atoms with Gasteiger partial charge in [0.25, 0.3) is 5.91 Å². The molecule has 0 aliphatic carbocycles. The molecule has 1 aromatic carbocycles. The van der Waals surface area contributed by atoms with E-state index in [2.05, 4.69) is 12.2 Å². The van der Waals surface area contributed by atoms with E-state index in [9.17, 15) is 23.1 Å². The Hall–Kier alpha value is -2.56. The number of aryl methyl sites for hydroxylation is 2. The second-order valence-corrected chi connectivity index (χ2v) is 12.9. The summed E-state index contributed by atoms with van der Waals surface area (Å²) >= 11 is 0. The third-order valence-corrected chi connectivity index (χ3v) is 9.52. The minimum absolute atomic E-state index is 0.106. The van der Waals surface area contributed by atoms with E-state index in [0.717, 1.165) is 41.8 Å². The van der Waals surface area contributed by atoms with Crippen molar-refractivity contribution in [2.45, 2.75) is 97.4 Å². The smallest absolute Gasteiger partial charge is 0.253 e. The van der Waals surface area contributed by atoms with Crippen LogP contribution in [0.1, 0.15) is 94.7 Å². The van der Waals surface area contributed by atoms with Crippen molar-refractivity contribution in [1.29, 1.82) is 0 Å². The molecule has 40 heavy (non-hydrogen) atoms. The maximum Gasteiger partial charge on any atom is 0.253 e. The van der Waals surface area contributed by atoms with Crippen molar-refractivity contribution in [2.24, 2.45) is 4.99 Å². The number of nitrogens with one attached hydrogen (secondary N) is 1. The minimum atomic E-state index is -3.69. The highest BCUT2D eigenvalue weighted by molar-refractivity contribution is 7.92. The van der Waals surface area contributed by atoms with Crippen molar-refractivity contribution >= 4 is 39.4 Å². The number of carbonyl (C=O) groups excluding carboxylic acids is 2. The first-order chi connectivity index (χ1) is 19.0. The number of aliphatic hydroxyl groups is 1. The zero-order chi connectivity index (χ0) is 29.3. The predicted octanol–water partition coefficient (Wildman–Crippen LogP) is 4.45. The van der Waals surface area contributed by atoms with Crippen LogP contribution in [0.3, 0.4) is 0 Å². The molecule has 0 radical (unpaired) electrons. The molecule has 0 atom stereocenters. The quantitative estimate of drug-likeness (QED) is 0.318. The highest BCUT2D eigenvalue weighted by Gasteiger charge is 2.46. The Balaban J connectivity index is 1.60. The van der Waals surface area contributed by atoms with Crippen LogP contribution in [0.2, 0.25) is 0 Å². The van der Waals surface area contributed by atoms with Gasteiger partial charge < -0.3 is 15.3 Å². The van der Waals surface area contributed by atoms with Gasteiger partial charge in [0.15, 0.2) is 0 Å². The van der Waals surface area contributed by atoms with Gasteiger partial charge >= 0.3 is 0 Å². The summed E-state index contributed by atoms with van der Waals surface area (Å²) in [5, 5.41) is 13.5. The lowest BCUT2D eigenvalue weighted by atomic mass is 9.89. The average molecular weight is 575 g/mol. The molecule has 2 heterocycles. The number of unbranched alkanes of at least 4 members (excludes halogenated alkanes) is 6. The van der Waals surface area contributed by atoms with E-state index in [1.54, 1.807) is 6.08 Å². The summed E-state index contributed by atoms with van der Waals surface area (Å²) in [5.74, 6) is 0.462. The van der Waals surface area contributed by atoms with Crippen molar-refractivity contribution in [3.05, 3.63) is 34.2 Å². The van der Waals surface area contributed by atoms with Crippen molar-refractivity contribution in [3.63, 3.8) is 0 Å². The number of amidine groups is 1. The largest absolute Gasteiger partial charge is 0.395 e. The maximum absolute atomic E-state index is 13.2. The van der Waals surface area contributed by atoms with Crippen LogP contribution < -0.4 is 10.2 Å². The van der Waals surface area contributed by atoms with E-state index in [0.29, 0.717) is 18.5 Å². The van der Waals surface area contributed by atoms with Gasteiger partial charge in [-0.2, -0.15) is 4.31 Å². The summed E-state index contributed by atoms with van der Waals surface area (Å²) in [4.78, 5) is 31.1. The number of nitrogens with zero attached hydrogens (tertiary/aromatic N) is 3. The van der Waals surface area contributed by atoms with E-state index in [1.165, 1.54) is 53.6 Å². The number of anilines is 1. The number of sulfonamides is 1. The van der Waals surface area contributed by atoms with Gasteiger partial charge in [-0.3, -0.25) is 14.6 Å². The monoisotopic (exact) mass is 574 g/mol. The number of aliphatic hydroxyl groups excluding tert-OH is 1. The molecule has 222 valence electrons. The molecule has 0 saturated carbocycles. The number of carbonyl (C=O) groups is 2. The van der Waals surface area contributed by atoms with Gasteiger partial charge in [-0.25, -0.2) is 8.42 Å². The standard InChI is InChI=1S/C30H46N4O5S/c1-5-6-7-8-9-10-11-12-28-31-29(37)30(32-28)14-16-33(17-15-30)40(38,39)20-13-27-23(2)21-26(22-24(27)3)34(18-19-35)25(4)36/h13,20-22,35H,5-12,14-19H2,1-4H3,(H,31,32,37). The van der Waals surface area contributed by atoms with Crippen LogP contribution in [0, 0.1) is 13.8 Å². The van der Waals surface area contributed by atoms with Crippen molar-refractivity contribution in [1.82, 2.24) is 9.62 Å². The van der Waals surface area contributed by atoms with Gasteiger partial charge in [0.2, 0.25) is 15.9 Å². The third-order valence-electron chi connectivity index (χ3n) is 7.96. The van der Waals surface area contributed by atoms with Gasteiger partial charge in [0.05, 0.1) is 6.61 Å². The molecule has 0 aromatic heterocycles. The van der Waals surface area contributed by atoms with Crippen LogP contribution in [0.5, 0.6) is 0 Å². The second kappa shape index (κ2) is 14.4. The van der Waals surface area contributed by atoms with E-state index < -0.39 is 15.6 Å². The van der Waals surface area contributed by atoms with E-state index >= 15 is 0 Å². The fraction of sp³-hybridized carbons (Fsp3) is 0.633. The Bertz CT molecular complexity index is 1190. The Kier molecular flexibility index (Phi) is 11.5. The molecular formula is C30H46N4O5S. The summed E-state index contributed by atoms with van der Waals surface area (Å²) in [5.41, 5.74) is 2.23. The molecule has 10 heteroatoms. The summed E-state index contributed by atoms with van der Waals surface area (Å²) in [6.07, 6.45) is 11.5. The molecule has 1 saturated heterocycles. The van der Waals surface area contributed by atoms with Crippen molar-refractivity contribution < 1.29 is 23.1 Å². The van der Waals surface area contributed by atoms with Crippen molar-refractivity contribution in [2.75, 3.05) is 31.1 Å². The third kappa shape index (κ3) is 8.01. The fourth-order valence-corrected chi connectivity index (χ4v) is 6.75. The van der Waals surface area contributed by atoms with Gasteiger partial charge in [-0.05, 0) is 68.0 Å². The van der Waals surface area contributed by atoms with Gasteiger partial charge in [0, 0.05) is 44.1 Å². The molecule has 2 aliphatic rings. The Morgan fingerprint density at radius 2 is 1.70 bits per heavy atom. The zero-order valence-electron chi connectivity index (χ0n) is 24.5. The second-order valence-electron chi connectivity index (χ2n) is 11.0.